The van der Waals surface area contributed by atoms with Crippen LogP contribution in [0.15, 0.2) is 17.1 Å². The van der Waals surface area contributed by atoms with Gasteiger partial charge in [-0.15, -0.1) is 0 Å². The Hall–Kier alpha value is -1.60. The van der Waals surface area contributed by atoms with E-state index in [-0.39, 0.29) is 5.54 Å². The topological polar surface area (TPSA) is 38.7 Å². The first-order valence-corrected chi connectivity index (χ1v) is 6.12. The molecular weight excluding hydrogens is 214 g/mol. The van der Waals surface area contributed by atoms with Gasteiger partial charge in [0.2, 0.25) is 6.08 Å². The molecule has 0 spiro atoms. The van der Waals surface area contributed by atoms with Gasteiger partial charge in [0.05, 0.1) is 12.1 Å². The molecule has 0 amide bonds. The largest absolute Gasteiger partial charge is 0.493 e. The maximum Gasteiger partial charge on any atom is 0.235 e. The minimum absolute atomic E-state index is 0.301. The van der Waals surface area contributed by atoms with E-state index in [4.69, 9.17) is 4.74 Å². The summed E-state index contributed by atoms with van der Waals surface area (Å²) in [6.45, 7) is 2.83. The molecule has 0 aromatic heterocycles. The van der Waals surface area contributed by atoms with Crippen molar-refractivity contribution in [3.8, 4) is 5.75 Å². The molecule has 3 nitrogen and oxygen atoms in total. The summed E-state index contributed by atoms with van der Waals surface area (Å²) in [5.74, 6) is 0.970. The lowest BCUT2D eigenvalue weighted by molar-refractivity contribution is 0.253. The van der Waals surface area contributed by atoms with Crippen LogP contribution in [0.1, 0.15) is 36.0 Å². The summed E-state index contributed by atoms with van der Waals surface area (Å²) in [5.41, 5.74) is 3.39. The van der Waals surface area contributed by atoms with Crippen LogP contribution in [0.5, 0.6) is 5.75 Å². The molecule has 1 aliphatic heterocycles. The van der Waals surface area contributed by atoms with Gasteiger partial charge in [-0.25, -0.2) is 4.79 Å². The van der Waals surface area contributed by atoms with Crippen LogP contribution in [0.2, 0.25) is 0 Å². The third-order valence-corrected chi connectivity index (χ3v) is 3.99. The van der Waals surface area contributed by atoms with Gasteiger partial charge >= 0.3 is 0 Å². The van der Waals surface area contributed by atoms with Gasteiger partial charge in [-0.3, -0.25) is 0 Å². The van der Waals surface area contributed by atoms with Gasteiger partial charge in [-0.1, -0.05) is 6.07 Å². The molecular formula is C14H15NO2. The predicted octanol–water partition coefficient (Wildman–Crippen LogP) is 2.64. The van der Waals surface area contributed by atoms with Crippen LogP contribution in [0.25, 0.3) is 0 Å². The number of hydrogen-bond donors (Lipinski definition) is 0. The molecule has 0 atom stereocenters. The summed E-state index contributed by atoms with van der Waals surface area (Å²) >= 11 is 0. The molecule has 1 aromatic carbocycles. The first-order chi connectivity index (χ1) is 8.27. The molecule has 17 heavy (non-hydrogen) atoms. The SMILES string of the molecule is Cc1ccc2c(c1C1(N=C=O)CCC1)CCO2. The van der Waals surface area contributed by atoms with Crippen molar-refractivity contribution in [2.75, 3.05) is 6.61 Å². The minimum Gasteiger partial charge on any atom is -0.493 e. The Labute approximate surface area is 101 Å². The maximum absolute atomic E-state index is 10.7. The molecule has 3 heteroatoms. The molecule has 3 rings (SSSR count). The highest BCUT2D eigenvalue weighted by Gasteiger charge is 2.42. The van der Waals surface area contributed by atoms with Crippen molar-refractivity contribution in [2.45, 2.75) is 38.1 Å². The molecule has 0 N–H and O–H groups in total. The highest BCUT2D eigenvalue weighted by atomic mass is 16.5. The van der Waals surface area contributed by atoms with Gasteiger partial charge < -0.3 is 4.74 Å². The van der Waals surface area contributed by atoms with Gasteiger partial charge in [-0.05, 0) is 43.4 Å². The Morgan fingerprint density at radius 1 is 1.41 bits per heavy atom. The Kier molecular flexibility index (Phi) is 2.30. The van der Waals surface area contributed by atoms with Crippen molar-refractivity contribution in [1.82, 2.24) is 0 Å². The van der Waals surface area contributed by atoms with Crippen LogP contribution in [0, 0.1) is 6.92 Å². The van der Waals surface area contributed by atoms with Gasteiger partial charge in [0, 0.05) is 12.0 Å². The zero-order chi connectivity index (χ0) is 11.9. The third-order valence-electron chi connectivity index (χ3n) is 3.99. The monoisotopic (exact) mass is 229 g/mol. The molecule has 1 fully saturated rings. The van der Waals surface area contributed by atoms with Crippen molar-refractivity contribution in [2.24, 2.45) is 4.99 Å². The Morgan fingerprint density at radius 2 is 2.24 bits per heavy atom. The fraction of sp³-hybridized carbons (Fsp3) is 0.500. The summed E-state index contributed by atoms with van der Waals surface area (Å²) in [6, 6.07) is 4.10. The van der Waals surface area contributed by atoms with Crippen LogP contribution < -0.4 is 4.74 Å². The molecule has 1 aromatic rings. The maximum atomic E-state index is 10.7. The van der Waals surface area contributed by atoms with E-state index in [1.807, 2.05) is 6.07 Å². The van der Waals surface area contributed by atoms with E-state index in [2.05, 4.69) is 18.0 Å². The Bertz CT molecular complexity index is 511. The number of rotatable bonds is 2. The molecule has 0 saturated heterocycles. The van der Waals surface area contributed by atoms with Crippen molar-refractivity contribution in [3.05, 3.63) is 28.8 Å². The van der Waals surface area contributed by atoms with Crippen LogP contribution in [-0.4, -0.2) is 12.7 Å². The first kappa shape index (κ1) is 10.5. The van der Waals surface area contributed by atoms with E-state index in [1.54, 1.807) is 6.08 Å². The van der Waals surface area contributed by atoms with Crippen molar-refractivity contribution in [3.63, 3.8) is 0 Å². The van der Waals surface area contributed by atoms with Crippen molar-refractivity contribution in [1.29, 1.82) is 0 Å². The normalized spacial score (nSPS) is 19.8. The molecule has 1 aliphatic carbocycles. The lowest BCUT2D eigenvalue weighted by Gasteiger charge is -2.39. The molecule has 1 saturated carbocycles. The van der Waals surface area contributed by atoms with E-state index in [0.29, 0.717) is 0 Å². The van der Waals surface area contributed by atoms with Crippen LogP contribution in [0.3, 0.4) is 0 Å². The van der Waals surface area contributed by atoms with E-state index in [0.717, 1.165) is 38.0 Å². The zero-order valence-electron chi connectivity index (χ0n) is 9.95. The van der Waals surface area contributed by atoms with Crippen LogP contribution in [0.4, 0.5) is 0 Å². The number of aryl methyl sites for hydroxylation is 1. The second-order valence-electron chi connectivity index (χ2n) is 4.92. The van der Waals surface area contributed by atoms with Crippen molar-refractivity contribution >= 4 is 6.08 Å². The van der Waals surface area contributed by atoms with Gasteiger partial charge in [-0.2, -0.15) is 4.99 Å². The molecule has 88 valence electrons. The number of nitrogens with zero attached hydrogens (tertiary/aromatic N) is 1. The van der Waals surface area contributed by atoms with Gasteiger partial charge in [0.15, 0.2) is 0 Å². The predicted molar refractivity (Wildman–Crippen MR) is 64.0 cm³/mol. The quantitative estimate of drug-likeness (QED) is 0.577. The molecule has 0 bridgehead atoms. The lowest BCUT2D eigenvalue weighted by atomic mass is 9.69. The number of fused-ring (bicyclic) bond motifs is 1. The third kappa shape index (κ3) is 1.43. The smallest absolute Gasteiger partial charge is 0.235 e. The number of hydrogen-bond acceptors (Lipinski definition) is 3. The van der Waals surface area contributed by atoms with E-state index >= 15 is 0 Å². The highest BCUT2D eigenvalue weighted by Crippen LogP contribution is 2.49. The Balaban J connectivity index is 2.20. The molecule has 1 heterocycles. The van der Waals surface area contributed by atoms with Crippen LogP contribution >= 0.6 is 0 Å². The fourth-order valence-electron chi connectivity index (χ4n) is 3.06. The number of aliphatic imine (C=N–C) groups is 1. The number of ether oxygens (including phenoxy) is 1. The number of carbonyl (C=O) groups excluding carboxylic acids is 1. The van der Waals surface area contributed by atoms with Crippen LogP contribution in [-0.2, 0) is 16.8 Å². The molecule has 2 aliphatic rings. The average molecular weight is 229 g/mol. The van der Waals surface area contributed by atoms with E-state index in [9.17, 15) is 4.79 Å². The number of isocyanates is 1. The van der Waals surface area contributed by atoms with Crippen molar-refractivity contribution < 1.29 is 9.53 Å². The second kappa shape index (κ2) is 3.71. The number of benzene rings is 1. The van der Waals surface area contributed by atoms with Gasteiger partial charge in [0.25, 0.3) is 0 Å². The standard InChI is InChI=1S/C14H15NO2/c1-10-3-4-12-11(5-8-17-12)13(10)14(15-9-16)6-2-7-14/h3-4H,2,5-8H2,1H3. The summed E-state index contributed by atoms with van der Waals surface area (Å²) in [7, 11) is 0. The van der Waals surface area contributed by atoms with E-state index in [1.165, 1.54) is 16.7 Å². The van der Waals surface area contributed by atoms with E-state index < -0.39 is 0 Å². The second-order valence-corrected chi connectivity index (χ2v) is 4.92. The summed E-state index contributed by atoms with van der Waals surface area (Å²) < 4.78 is 5.60. The average Bonchev–Trinajstić information content (AvgIpc) is 2.72. The lowest BCUT2D eigenvalue weighted by Crippen LogP contribution is -2.33. The highest BCUT2D eigenvalue weighted by molar-refractivity contribution is 5.52. The summed E-state index contributed by atoms with van der Waals surface area (Å²) in [5, 5.41) is 0. The summed E-state index contributed by atoms with van der Waals surface area (Å²) in [6.07, 6.45) is 5.74. The first-order valence-electron chi connectivity index (χ1n) is 6.12. The minimum atomic E-state index is -0.301. The summed E-state index contributed by atoms with van der Waals surface area (Å²) in [4.78, 5) is 14.8. The Morgan fingerprint density at radius 3 is 2.88 bits per heavy atom. The molecule has 0 unspecified atom stereocenters. The fourth-order valence-corrected chi connectivity index (χ4v) is 3.06. The zero-order valence-corrected chi connectivity index (χ0v) is 9.95. The molecule has 0 radical (unpaired) electrons. The van der Waals surface area contributed by atoms with Gasteiger partial charge in [0.1, 0.15) is 5.75 Å².